The summed E-state index contributed by atoms with van der Waals surface area (Å²) in [4.78, 5) is -0.324. The molecule has 0 radical (unpaired) electrons. The van der Waals surface area contributed by atoms with Crippen molar-refractivity contribution in [3.05, 3.63) is 24.3 Å². The van der Waals surface area contributed by atoms with E-state index in [9.17, 15) is 17.2 Å². The second-order valence-corrected chi connectivity index (χ2v) is 7.88. The average molecular weight is 307 g/mol. The zero-order valence-electron chi connectivity index (χ0n) is 10.3. The van der Waals surface area contributed by atoms with Crippen LogP contribution < -0.4 is 5.32 Å². The lowest BCUT2D eigenvalue weighted by atomic mass is 10.2. The van der Waals surface area contributed by atoms with Gasteiger partial charge in [0.25, 0.3) is 0 Å². The van der Waals surface area contributed by atoms with Gasteiger partial charge in [-0.25, -0.2) is 8.42 Å². The van der Waals surface area contributed by atoms with Crippen LogP contribution >= 0.6 is 11.8 Å². The highest BCUT2D eigenvalue weighted by Gasteiger charge is 2.30. The number of para-hydroxylation sites is 1. The van der Waals surface area contributed by atoms with Crippen molar-refractivity contribution in [2.24, 2.45) is 0 Å². The first kappa shape index (κ1) is 14.6. The van der Waals surface area contributed by atoms with Crippen molar-refractivity contribution in [2.75, 3.05) is 11.1 Å². The van der Waals surface area contributed by atoms with Crippen molar-refractivity contribution < 1.29 is 17.2 Å². The van der Waals surface area contributed by atoms with Crippen LogP contribution in [0, 0.1) is 0 Å². The molecule has 106 valence electrons. The second kappa shape index (κ2) is 5.66. The van der Waals surface area contributed by atoms with Crippen molar-refractivity contribution in [2.45, 2.75) is 35.3 Å². The van der Waals surface area contributed by atoms with Gasteiger partial charge in [-0.2, -0.15) is 20.5 Å². The monoisotopic (exact) mass is 307 g/mol. The molecule has 0 spiro atoms. The molecule has 1 aliphatic rings. The molecule has 0 saturated carbocycles. The predicted octanol–water partition coefficient (Wildman–Crippen LogP) is 2.99. The third-order valence-corrected chi connectivity index (χ3v) is 5.78. The van der Waals surface area contributed by atoms with Crippen LogP contribution in [0.25, 0.3) is 0 Å². The van der Waals surface area contributed by atoms with Crippen LogP contribution in [0.1, 0.15) is 13.3 Å². The van der Waals surface area contributed by atoms with Crippen molar-refractivity contribution >= 4 is 27.3 Å². The van der Waals surface area contributed by atoms with Gasteiger partial charge in [-0.05, 0) is 18.6 Å². The summed E-state index contributed by atoms with van der Waals surface area (Å²) in [6.07, 6.45) is 0.897. The Labute approximate surface area is 115 Å². The van der Waals surface area contributed by atoms with Crippen molar-refractivity contribution in [3.8, 4) is 0 Å². The molecule has 1 aromatic rings. The maximum absolute atomic E-state index is 12.6. The molecule has 1 fully saturated rings. The Morgan fingerprint density at radius 1 is 1.37 bits per heavy atom. The maximum Gasteiger partial charge on any atom is 0.341 e. The molecule has 1 aromatic carbocycles. The Kier molecular flexibility index (Phi) is 4.35. The molecule has 0 aliphatic carbocycles. The smallest absolute Gasteiger partial charge is 0.341 e. The fourth-order valence-corrected chi connectivity index (χ4v) is 4.11. The molecule has 2 atom stereocenters. The summed E-state index contributed by atoms with van der Waals surface area (Å²) >= 11 is 1.78. The number of sulfone groups is 1. The predicted molar refractivity (Wildman–Crippen MR) is 73.6 cm³/mol. The van der Waals surface area contributed by atoms with E-state index in [4.69, 9.17) is 0 Å². The first-order valence-corrected chi connectivity index (χ1v) is 8.50. The molecule has 19 heavy (non-hydrogen) atoms. The minimum absolute atomic E-state index is 0.119. The zero-order valence-corrected chi connectivity index (χ0v) is 12.0. The number of hydrogen-bond donors (Lipinski definition) is 1. The molecular formula is C12H15F2NO2S2. The van der Waals surface area contributed by atoms with Gasteiger partial charge in [0.2, 0.25) is 9.84 Å². The summed E-state index contributed by atoms with van der Waals surface area (Å²) in [6.45, 7) is 2.09. The summed E-state index contributed by atoms with van der Waals surface area (Å²) < 4.78 is 48.5. The van der Waals surface area contributed by atoms with Crippen LogP contribution in [0.5, 0.6) is 0 Å². The normalized spacial score (nSPS) is 23.8. The summed E-state index contributed by atoms with van der Waals surface area (Å²) in [6, 6.07) is 5.96. The quantitative estimate of drug-likeness (QED) is 0.929. The van der Waals surface area contributed by atoms with Gasteiger partial charge in [0.05, 0.1) is 10.6 Å². The number of halogens is 2. The van der Waals surface area contributed by atoms with Gasteiger partial charge >= 0.3 is 5.76 Å². The van der Waals surface area contributed by atoms with Crippen LogP contribution in [0.15, 0.2) is 29.2 Å². The van der Waals surface area contributed by atoms with E-state index in [0.29, 0.717) is 5.25 Å². The van der Waals surface area contributed by atoms with Gasteiger partial charge in [0.1, 0.15) is 0 Å². The first-order chi connectivity index (χ1) is 8.91. The van der Waals surface area contributed by atoms with E-state index in [0.717, 1.165) is 12.2 Å². The Morgan fingerprint density at radius 2 is 2.05 bits per heavy atom. The molecule has 1 N–H and O–H groups in total. The number of rotatable bonds is 4. The summed E-state index contributed by atoms with van der Waals surface area (Å²) in [5, 5.41) is 3.56. The molecule has 2 unspecified atom stereocenters. The molecule has 0 aromatic heterocycles. The molecule has 1 heterocycles. The van der Waals surface area contributed by atoms with Gasteiger partial charge in [0, 0.05) is 17.0 Å². The molecule has 0 amide bonds. The van der Waals surface area contributed by atoms with Crippen molar-refractivity contribution in [3.63, 3.8) is 0 Å². The van der Waals surface area contributed by atoms with E-state index in [1.807, 2.05) is 0 Å². The standard InChI is InChI=1S/C12H15F2NO2S2/c1-8-6-9(7-18-8)15-10-4-2-3-5-11(10)19(16,17)12(13)14/h2-5,8-9,12,15H,6-7H2,1H3. The van der Waals surface area contributed by atoms with Gasteiger partial charge < -0.3 is 5.32 Å². The summed E-state index contributed by atoms with van der Waals surface area (Å²) in [7, 11) is -4.57. The Bertz CT molecular complexity index is 548. The minimum Gasteiger partial charge on any atom is -0.380 e. The van der Waals surface area contributed by atoms with Crippen LogP contribution in [0.4, 0.5) is 14.5 Å². The molecule has 1 saturated heterocycles. The highest BCUT2D eigenvalue weighted by Crippen LogP contribution is 2.31. The van der Waals surface area contributed by atoms with E-state index >= 15 is 0 Å². The van der Waals surface area contributed by atoms with Crippen molar-refractivity contribution in [1.29, 1.82) is 0 Å². The molecular weight excluding hydrogens is 292 g/mol. The lowest BCUT2D eigenvalue weighted by Crippen LogP contribution is -2.22. The number of anilines is 1. The number of nitrogens with one attached hydrogen (secondary N) is 1. The van der Waals surface area contributed by atoms with Gasteiger partial charge in [-0.15, -0.1) is 0 Å². The Morgan fingerprint density at radius 3 is 2.63 bits per heavy atom. The Hall–Kier alpha value is -0.820. The molecule has 2 rings (SSSR count). The average Bonchev–Trinajstić information content (AvgIpc) is 2.75. The highest BCUT2D eigenvalue weighted by molar-refractivity contribution is 8.00. The van der Waals surface area contributed by atoms with Crippen LogP contribution in [0.3, 0.4) is 0 Å². The van der Waals surface area contributed by atoms with E-state index in [-0.39, 0.29) is 16.6 Å². The van der Waals surface area contributed by atoms with Gasteiger partial charge in [0.15, 0.2) is 0 Å². The largest absolute Gasteiger partial charge is 0.380 e. The SMILES string of the molecule is CC1CC(Nc2ccccc2S(=O)(=O)C(F)F)CS1. The first-order valence-electron chi connectivity index (χ1n) is 5.90. The number of hydrogen-bond acceptors (Lipinski definition) is 4. The summed E-state index contributed by atoms with van der Waals surface area (Å²) in [5.74, 6) is -2.54. The van der Waals surface area contributed by atoms with Crippen molar-refractivity contribution in [1.82, 2.24) is 0 Å². The fraction of sp³-hybridized carbons (Fsp3) is 0.500. The third-order valence-electron chi connectivity index (χ3n) is 2.99. The van der Waals surface area contributed by atoms with E-state index in [2.05, 4.69) is 12.2 Å². The summed E-state index contributed by atoms with van der Waals surface area (Å²) in [5.41, 5.74) is 0.266. The fourth-order valence-electron chi connectivity index (χ4n) is 2.07. The molecule has 1 aliphatic heterocycles. The van der Waals surface area contributed by atoms with E-state index in [1.54, 1.807) is 17.8 Å². The van der Waals surface area contributed by atoms with Gasteiger partial charge in [-0.3, -0.25) is 0 Å². The van der Waals surface area contributed by atoms with Crippen LogP contribution in [-0.4, -0.2) is 31.2 Å². The second-order valence-electron chi connectivity index (χ2n) is 4.52. The zero-order chi connectivity index (χ0) is 14.0. The number of alkyl halides is 2. The van der Waals surface area contributed by atoms with Crippen LogP contribution in [-0.2, 0) is 9.84 Å². The molecule has 7 heteroatoms. The molecule has 3 nitrogen and oxygen atoms in total. The van der Waals surface area contributed by atoms with Crippen LogP contribution in [0.2, 0.25) is 0 Å². The molecule has 0 bridgehead atoms. The minimum atomic E-state index is -4.57. The lowest BCUT2D eigenvalue weighted by Gasteiger charge is -2.16. The lowest BCUT2D eigenvalue weighted by molar-refractivity contribution is 0.235. The topological polar surface area (TPSA) is 46.2 Å². The third kappa shape index (κ3) is 3.20. The van der Waals surface area contributed by atoms with E-state index in [1.165, 1.54) is 18.2 Å². The number of benzene rings is 1. The van der Waals surface area contributed by atoms with Gasteiger partial charge in [-0.1, -0.05) is 19.1 Å². The highest BCUT2D eigenvalue weighted by atomic mass is 32.2. The Balaban J connectivity index is 2.27. The maximum atomic E-state index is 12.6. The van der Waals surface area contributed by atoms with E-state index < -0.39 is 15.6 Å². The number of thioether (sulfide) groups is 1.